The molecule has 0 saturated carbocycles. The van der Waals surface area contributed by atoms with Crippen LogP contribution in [0.15, 0.2) is 29.2 Å². The van der Waals surface area contributed by atoms with Crippen molar-refractivity contribution in [3.05, 3.63) is 35.5 Å². The highest BCUT2D eigenvalue weighted by Gasteiger charge is 2.26. The van der Waals surface area contributed by atoms with Crippen LogP contribution >= 0.6 is 11.8 Å². The van der Waals surface area contributed by atoms with Gasteiger partial charge in [0.1, 0.15) is 5.82 Å². The number of carbonyl (C=O) groups excluding carboxylic acids is 2. The predicted octanol–water partition coefficient (Wildman–Crippen LogP) is 4.62. The van der Waals surface area contributed by atoms with Crippen molar-refractivity contribution in [1.29, 1.82) is 0 Å². The molecule has 1 aromatic heterocycles. The molecule has 6 nitrogen and oxygen atoms in total. The average molecular weight is 401 g/mol. The van der Waals surface area contributed by atoms with Gasteiger partial charge in [-0.2, -0.15) is 5.10 Å². The molecule has 0 spiro atoms. The summed E-state index contributed by atoms with van der Waals surface area (Å²) in [6, 6.07) is 7.36. The number of nitrogens with one attached hydrogen (secondary N) is 2. The summed E-state index contributed by atoms with van der Waals surface area (Å²) in [5, 5.41) is 10.6. The van der Waals surface area contributed by atoms with E-state index in [1.165, 1.54) is 0 Å². The molecule has 1 aliphatic rings. The Morgan fingerprint density at radius 2 is 1.89 bits per heavy atom. The molecule has 1 aliphatic heterocycles. The molecule has 0 bridgehead atoms. The molecule has 0 radical (unpaired) electrons. The number of fused-ring (bicyclic) bond motifs is 1. The van der Waals surface area contributed by atoms with Gasteiger partial charge in [-0.15, -0.1) is 11.8 Å². The fourth-order valence-electron chi connectivity index (χ4n) is 2.90. The van der Waals surface area contributed by atoms with Crippen LogP contribution in [-0.4, -0.2) is 27.3 Å². The Hall–Kier alpha value is -2.28. The number of nitrogens with zero attached hydrogens (tertiary/aromatic N) is 2. The molecule has 2 heterocycles. The lowest BCUT2D eigenvalue weighted by Crippen LogP contribution is -2.27. The summed E-state index contributed by atoms with van der Waals surface area (Å²) in [5.74, 6) is 1.16. The van der Waals surface area contributed by atoms with Crippen molar-refractivity contribution in [2.24, 2.45) is 0 Å². The molecule has 2 amide bonds. The van der Waals surface area contributed by atoms with Crippen LogP contribution in [0.2, 0.25) is 0 Å². The largest absolute Gasteiger partial charge is 0.325 e. The van der Waals surface area contributed by atoms with Gasteiger partial charge >= 0.3 is 0 Å². The lowest BCUT2D eigenvalue weighted by atomic mass is 9.92. The van der Waals surface area contributed by atoms with Gasteiger partial charge in [0.2, 0.25) is 5.91 Å². The maximum Gasteiger partial charge on any atom is 0.256 e. The van der Waals surface area contributed by atoms with E-state index in [1.807, 2.05) is 16.8 Å². The van der Waals surface area contributed by atoms with E-state index < -0.39 is 0 Å². The van der Waals surface area contributed by atoms with E-state index in [4.69, 9.17) is 5.10 Å². The number of benzene rings is 1. The van der Waals surface area contributed by atoms with Gasteiger partial charge in [0.05, 0.1) is 16.9 Å². The minimum atomic E-state index is -0.273. The van der Waals surface area contributed by atoms with Crippen LogP contribution in [0.1, 0.15) is 64.0 Å². The number of hydrogen-bond donors (Lipinski definition) is 2. The Balaban J connectivity index is 1.91. The maximum absolute atomic E-state index is 12.9. The van der Waals surface area contributed by atoms with Crippen LogP contribution in [0.4, 0.5) is 11.5 Å². The van der Waals surface area contributed by atoms with Crippen LogP contribution in [0, 0.1) is 0 Å². The lowest BCUT2D eigenvalue weighted by molar-refractivity contribution is -0.115. The molecule has 0 saturated heterocycles. The molecular weight excluding hydrogens is 372 g/mol. The van der Waals surface area contributed by atoms with Crippen molar-refractivity contribution >= 4 is 35.1 Å². The Morgan fingerprint density at radius 1 is 1.18 bits per heavy atom. The van der Waals surface area contributed by atoms with Gasteiger partial charge in [-0.3, -0.25) is 9.59 Å². The normalized spacial score (nSPS) is 14.9. The van der Waals surface area contributed by atoms with Gasteiger partial charge in [-0.25, -0.2) is 4.68 Å². The summed E-state index contributed by atoms with van der Waals surface area (Å²) in [5.41, 5.74) is 1.72. The fraction of sp³-hybridized carbons (Fsp3) is 0.476. The number of rotatable bonds is 2. The van der Waals surface area contributed by atoms with Gasteiger partial charge in [-0.05, 0) is 39.0 Å². The van der Waals surface area contributed by atoms with E-state index in [2.05, 4.69) is 52.2 Å². The van der Waals surface area contributed by atoms with Crippen LogP contribution in [0.3, 0.4) is 0 Å². The SMILES string of the molecule is CC(C)(C)c1cc(NC(=O)c2ccc3c(c2)NC(=O)CCS3)n(C(C)(C)C)n1. The third kappa shape index (κ3) is 4.41. The quantitative estimate of drug-likeness (QED) is 0.771. The third-order valence-corrected chi connectivity index (χ3v) is 5.53. The first-order chi connectivity index (χ1) is 12.9. The molecule has 0 fully saturated rings. The second-order valence-electron chi connectivity index (χ2n) is 9.06. The average Bonchev–Trinajstić information content (AvgIpc) is 2.91. The molecule has 1 aromatic carbocycles. The molecule has 150 valence electrons. The van der Waals surface area contributed by atoms with Gasteiger partial charge in [0.15, 0.2) is 0 Å². The zero-order chi connectivity index (χ0) is 20.7. The van der Waals surface area contributed by atoms with Crippen molar-refractivity contribution in [2.45, 2.75) is 63.8 Å². The summed E-state index contributed by atoms with van der Waals surface area (Å²) < 4.78 is 1.85. The van der Waals surface area contributed by atoms with E-state index in [-0.39, 0.29) is 22.8 Å². The standard InChI is InChI=1S/C21H28N4O2S/c1-20(2,3)16-12-17(25(24-16)21(4,5)6)23-19(27)13-7-8-15-14(11-13)22-18(26)9-10-28-15/h7-8,11-12H,9-10H2,1-6H3,(H,22,26)(H,23,27). The number of anilines is 2. The number of amides is 2. The highest BCUT2D eigenvalue weighted by molar-refractivity contribution is 7.99. The fourth-order valence-corrected chi connectivity index (χ4v) is 3.83. The van der Waals surface area contributed by atoms with Gasteiger partial charge < -0.3 is 10.6 Å². The van der Waals surface area contributed by atoms with E-state index >= 15 is 0 Å². The van der Waals surface area contributed by atoms with E-state index in [0.717, 1.165) is 16.3 Å². The molecule has 0 atom stereocenters. The molecule has 7 heteroatoms. The number of thioether (sulfide) groups is 1. The first-order valence-electron chi connectivity index (χ1n) is 9.44. The number of aromatic nitrogens is 2. The molecule has 2 aromatic rings. The van der Waals surface area contributed by atoms with Gasteiger partial charge in [-0.1, -0.05) is 20.8 Å². The topological polar surface area (TPSA) is 76.0 Å². The first kappa shape index (κ1) is 20.5. The van der Waals surface area contributed by atoms with E-state index in [1.54, 1.807) is 23.9 Å². The Labute approximate surface area is 170 Å². The molecule has 2 N–H and O–H groups in total. The summed E-state index contributed by atoms with van der Waals surface area (Å²) in [4.78, 5) is 25.8. The monoisotopic (exact) mass is 400 g/mol. The Morgan fingerprint density at radius 3 is 2.54 bits per heavy atom. The number of hydrogen-bond acceptors (Lipinski definition) is 4. The van der Waals surface area contributed by atoms with Crippen LogP contribution in [0.25, 0.3) is 0 Å². The smallest absolute Gasteiger partial charge is 0.256 e. The van der Waals surface area contributed by atoms with Crippen molar-refractivity contribution < 1.29 is 9.59 Å². The molecular formula is C21H28N4O2S. The summed E-state index contributed by atoms with van der Waals surface area (Å²) in [7, 11) is 0. The lowest BCUT2D eigenvalue weighted by Gasteiger charge is -2.23. The maximum atomic E-state index is 12.9. The summed E-state index contributed by atoms with van der Waals surface area (Å²) in [6.45, 7) is 12.5. The second kappa shape index (κ2) is 7.28. The van der Waals surface area contributed by atoms with Crippen molar-refractivity contribution in [1.82, 2.24) is 9.78 Å². The zero-order valence-electron chi connectivity index (χ0n) is 17.3. The van der Waals surface area contributed by atoms with Crippen molar-refractivity contribution in [3.8, 4) is 0 Å². The summed E-state index contributed by atoms with van der Waals surface area (Å²) in [6.07, 6.45) is 0.473. The van der Waals surface area contributed by atoms with Gasteiger partial charge in [0, 0.05) is 34.1 Å². The predicted molar refractivity (Wildman–Crippen MR) is 114 cm³/mol. The minimum Gasteiger partial charge on any atom is -0.325 e. The third-order valence-electron chi connectivity index (χ3n) is 4.46. The van der Waals surface area contributed by atoms with Crippen molar-refractivity contribution in [3.63, 3.8) is 0 Å². The van der Waals surface area contributed by atoms with E-state index in [0.29, 0.717) is 23.5 Å². The zero-order valence-corrected chi connectivity index (χ0v) is 18.2. The van der Waals surface area contributed by atoms with Gasteiger partial charge in [0.25, 0.3) is 5.91 Å². The second-order valence-corrected chi connectivity index (χ2v) is 10.2. The molecule has 28 heavy (non-hydrogen) atoms. The molecule has 0 unspecified atom stereocenters. The Kier molecular flexibility index (Phi) is 5.32. The molecule has 3 rings (SSSR count). The molecule has 0 aliphatic carbocycles. The van der Waals surface area contributed by atoms with Crippen LogP contribution in [-0.2, 0) is 15.7 Å². The highest BCUT2D eigenvalue weighted by Crippen LogP contribution is 2.32. The van der Waals surface area contributed by atoms with Crippen LogP contribution < -0.4 is 10.6 Å². The van der Waals surface area contributed by atoms with Crippen molar-refractivity contribution in [2.75, 3.05) is 16.4 Å². The van der Waals surface area contributed by atoms with Crippen LogP contribution in [0.5, 0.6) is 0 Å². The van der Waals surface area contributed by atoms with E-state index in [9.17, 15) is 9.59 Å². The first-order valence-corrected chi connectivity index (χ1v) is 10.4. The number of carbonyl (C=O) groups is 2. The highest BCUT2D eigenvalue weighted by atomic mass is 32.2. The summed E-state index contributed by atoms with van der Waals surface area (Å²) >= 11 is 1.62. The Bertz CT molecular complexity index is 919. The minimum absolute atomic E-state index is 0.0237.